The molecule has 0 radical (unpaired) electrons. The summed E-state index contributed by atoms with van der Waals surface area (Å²) in [5.74, 6) is 0.773. The highest BCUT2D eigenvalue weighted by molar-refractivity contribution is 5.76. The van der Waals surface area contributed by atoms with Crippen LogP contribution in [0.25, 0.3) is 0 Å². The zero-order valence-electron chi connectivity index (χ0n) is 12.3. The molecule has 0 bridgehead atoms. The molecule has 0 spiro atoms. The number of hydrogen-bond donors (Lipinski definition) is 2. The van der Waals surface area contributed by atoms with Crippen LogP contribution in [0.15, 0.2) is 0 Å². The molecule has 1 unspecified atom stereocenters. The number of nitrogens with zero attached hydrogens (tertiary/aromatic N) is 1. The third-order valence-electron chi connectivity index (χ3n) is 4.07. The van der Waals surface area contributed by atoms with E-state index in [1.54, 1.807) is 0 Å². The minimum absolute atomic E-state index is 0.0588. The Morgan fingerprint density at radius 2 is 2.00 bits per heavy atom. The molecule has 0 aromatic heterocycles. The standard InChI is InChI=1S/C14H29N3O/c1-11(15)9-13(18)16-10-14(2,3)12-5-7-17(4)8-6-12/h11-12H,5-10,15H2,1-4H3,(H,16,18). The zero-order valence-corrected chi connectivity index (χ0v) is 12.3. The molecule has 1 aliphatic rings. The van der Waals surface area contributed by atoms with E-state index < -0.39 is 0 Å². The Labute approximate surface area is 111 Å². The smallest absolute Gasteiger partial charge is 0.221 e. The highest BCUT2D eigenvalue weighted by atomic mass is 16.1. The number of likely N-dealkylation sites (tertiary alicyclic amines) is 1. The van der Waals surface area contributed by atoms with Crippen molar-refractivity contribution in [3.05, 3.63) is 0 Å². The van der Waals surface area contributed by atoms with Gasteiger partial charge in [0.05, 0.1) is 0 Å². The maximum absolute atomic E-state index is 11.6. The Kier molecular flexibility index (Phi) is 5.60. The Hall–Kier alpha value is -0.610. The summed E-state index contributed by atoms with van der Waals surface area (Å²) in [6.07, 6.45) is 2.88. The summed E-state index contributed by atoms with van der Waals surface area (Å²) in [6.45, 7) is 9.47. The van der Waals surface area contributed by atoms with E-state index in [1.807, 2.05) is 6.92 Å². The van der Waals surface area contributed by atoms with Gasteiger partial charge in [0.1, 0.15) is 0 Å². The van der Waals surface area contributed by atoms with Crippen LogP contribution >= 0.6 is 0 Å². The van der Waals surface area contributed by atoms with Crippen molar-refractivity contribution < 1.29 is 4.79 Å². The molecule has 4 nitrogen and oxygen atoms in total. The van der Waals surface area contributed by atoms with Crippen molar-refractivity contribution >= 4 is 5.91 Å². The quantitative estimate of drug-likeness (QED) is 0.776. The number of nitrogens with two attached hydrogens (primary N) is 1. The van der Waals surface area contributed by atoms with Gasteiger partial charge in [0.2, 0.25) is 5.91 Å². The van der Waals surface area contributed by atoms with Crippen molar-refractivity contribution in [3.63, 3.8) is 0 Å². The van der Waals surface area contributed by atoms with Crippen LogP contribution in [-0.4, -0.2) is 43.5 Å². The zero-order chi connectivity index (χ0) is 13.8. The second-order valence-electron chi connectivity index (χ2n) is 6.52. The Morgan fingerprint density at radius 1 is 1.44 bits per heavy atom. The summed E-state index contributed by atoms with van der Waals surface area (Å²) in [6, 6.07) is -0.0588. The Morgan fingerprint density at radius 3 is 2.50 bits per heavy atom. The summed E-state index contributed by atoms with van der Waals surface area (Å²) in [5, 5.41) is 3.03. The van der Waals surface area contributed by atoms with Gasteiger partial charge in [-0.25, -0.2) is 0 Å². The van der Waals surface area contributed by atoms with E-state index in [0.29, 0.717) is 12.3 Å². The van der Waals surface area contributed by atoms with E-state index in [2.05, 4.69) is 31.1 Å². The van der Waals surface area contributed by atoms with Gasteiger partial charge in [0, 0.05) is 19.0 Å². The van der Waals surface area contributed by atoms with Gasteiger partial charge in [-0.3, -0.25) is 4.79 Å². The van der Waals surface area contributed by atoms with E-state index in [1.165, 1.54) is 25.9 Å². The van der Waals surface area contributed by atoms with Gasteiger partial charge in [0.25, 0.3) is 0 Å². The predicted molar refractivity (Wildman–Crippen MR) is 75.3 cm³/mol. The first kappa shape index (κ1) is 15.4. The number of nitrogens with one attached hydrogen (secondary N) is 1. The molecule has 1 aliphatic heterocycles. The molecule has 1 atom stereocenters. The fourth-order valence-electron chi connectivity index (χ4n) is 2.63. The van der Waals surface area contributed by atoms with Crippen molar-refractivity contribution in [1.29, 1.82) is 0 Å². The molecule has 106 valence electrons. The summed E-state index contributed by atoms with van der Waals surface area (Å²) >= 11 is 0. The molecule has 1 rings (SSSR count). The predicted octanol–water partition coefficient (Wildman–Crippen LogP) is 1.21. The van der Waals surface area contributed by atoms with E-state index in [9.17, 15) is 4.79 Å². The largest absolute Gasteiger partial charge is 0.356 e. The first-order valence-corrected chi connectivity index (χ1v) is 7.02. The maximum Gasteiger partial charge on any atom is 0.221 e. The number of amides is 1. The van der Waals surface area contributed by atoms with Crippen LogP contribution in [0.1, 0.15) is 40.0 Å². The van der Waals surface area contributed by atoms with Crippen LogP contribution in [0.3, 0.4) is 0 Å². The molecule has 18 heavy (non-hydrogen) atoms. The van der Waals surface area contributed by atoms with Crippen molar-refractivity contribution in [3.8, 4) is 0 Å². The van der Waals surface area contributed by atoms with E-state index in [0.717, 1.165) is 6.54 Å². The lowest BCUT2D eigenvalue weighted by molar-refractivity contribution is -0.122. The summed E-state index contributed by atoms with van der Waals surface area (Å²) < 4.78 is 0. The van der Waals surface area contributed by atoms with Gasteiger partial charge < -0.3 is 16.0 Å². The van der Waals surface area contributed by atoms with Crippen LogP contribution in [-0.2, 0) is 4.79 Å². The second kappa shape index (κ2) is 6.53. The molecule has 1 amide bonds. The van der Waals surface area contributed by atoms with Crippen molar-refractivity contribution in [2.24, 2.45) is 17.1 Å². The molecule has 0 aliphatic carbocycles. The minimum atomic E-state index is -0.0588. The topological polar surface area (TPSA) is 58.4 Å². The first-order chi connectivity index (χ1) is 8.31. The van der Waals surface area contributed by atoms with Gasteiger partial charge in [-0.15, -0.1) is 0 Å². The van der Waals surface area contributed by atoms with Gasteiger partial charge in [-0.2, -0.15) is 0 Å². The van der Waals surface area contributed by atoms with Gasteiger partial charge in [-0.05, 0) is 51.2 Å². The number of rotatable bonds is 5. The lowest BCUT2D eigenvalue weighted by Gasteiger charge is -2.39. The fraction of sp³-hybridized carbons (Fsp3) is 0.929. The van der Waals surface area contributed by atoms with Gasteiger partial charge >= 0.3 is 0 Å². The molecule has 1 heterocycles. The molecule has 3 N–H and O–H groups in total. The molecular weight excluding hydrogens is 226 g/mol. The first-order valence-electron chi connectivity index (χ1n) is 7.02. The van der Waals surface area contributed by atoms with E-state index in [4.69, 9.17) is 5.73 Å². The van der Waals surface area contributed by atoms with Crippen LogP contribution in [0.2, 0.25) is 0 Å². The van der Waals surface area contributed by atoms with Crippen molar-refractivity contribution in [1.82, 2.24) is 10.2 Å². The number of piperidine rings is 1. The maximum atomic E-state index is 11.6. The highest BCUT2D eigenvalue weighted by Crippen LogP contribution is 2.34. The fourth-order valence-corrected chi connectivity index (χ4v) is 2.63. The SMILES string of the molecule is CC(N)CC(=O)NCC(C)(C)C1CCN(C)CC1. The van der Waals surface area contributed by atoms with Crippen LogP contribution in [0.4, 0.5) is 0 Å². The molecule has 1 fully saturated rings. The Bertz CT molecular complexity index is 268. The van der Waals surface area contributed by atoms with Crippen molar-refractivity contribution in [2.45, 2.75) is 46.1 Å². The molecule has 0 aromatic carbocycles. The molecule has 1 saturated heterocycles. The number of carbonyl (C=O) groups excluding carboxylic acids is 1. The van der Waals surface area contributed by atoms with Crippen LogP contribution in [0, 0.1) is 11.3 Å². The van der Waals surface area contributed by atoms with Gasteiger partial charge in [0.15, 0.2) is 0 Å². The van der Waals surface area contributed by atoms with Crippen LogP contribution in [0.5, 0.6) is 0 Å². The highest BCUT2D eigenvalue weighted by Gasteiger charge is 2.31. The third kappa shape index (κ3) is 4.94. The lowest BCUT2D eigenvalue weighted by Crippen LogP contribution is -2.43. The minimum Gasteiger partial charge on any atom is -0.356 e. The lowest BCUT2D eigenvalue weighted by atomic mass is 9.73. The number of hydrogen-bond acceptors (Lipinski definition) is 3. The van der Waals surface area contributed by atoms with E-state index >= 15 is 0 Å². The average Bonchev–Trinajstić information content (AvgIpc) is 2.26. The molecule has 4 heteroatoms. The number of carbonyl (C=O) groups is 1. The van der Waals surface area contributed by atoms with E-state index in [-0.39, 0.29) is 17.4 Å². The monoisotopic (exact) mass is 255 g/mol. The Balaban J connectivity index is 2.37. The molecular formula is C14H29N3O. The third-order valence-corrected chi connectivity index (χ3v) is 4.07. The van der Waals surface area contributed by atoms with Gasteiger partial charge in [-0.1, -0.05) is 13.8 Å². The van der Waals surface area contributed by atoms with Crippen LogP contribution < -0.4 is 11.1 Å². The average molecular weight is 255 g/mol. The second-order valence-corrected chi connectivity index (χ2v) is 6.52. The molecule has 0 aromatic rings. The summed E-state index contributed by atoms with van der Waals surface area (Å²) in [4.78, 5) is 14.0. The summed E-state index contributed by atoms with van der Waals surface area (Å²) in [5.41, 5.74) is 5.80. The normalized spacial score (nSPS) is 20.7. The molecule has 0 saturated carbocycles. The van der Waals surface area contributed by atoms with Crippen molar-refractivity contribution in [2.75, 3.05) is 26.7 Å². The summed E-state index contributed by atoms with van der Waals surface area (Å²) in [7, 11) is 2.17.